The zero-order valence-electron chi connectivity index (χ0n) is 13.2. The van der Waals surface area contributed by atoms with Crippen molar-refractivity contribution < 1.29 is 9.53 Å². The topological polar surface area (TPSA) is 68.2 Å². The van der Waals surface area contributed by atoms with Crippen LogP contribution in [0.2, 0.25) is 0 Å². The van der Waals surface area contributed by atoms with Crippen molar-refractivity contribution in [2.75, 3.05) is 6.61 Å². The fourth-order valence-corrected chi connectivity index (χ4v) is 2.70. The molecule has 1 saturated heterocycles. The Kier molecular flexibility index (Phi) is 4.92. The van der Waals surface area contributed by atoms with Crippen LogP contribution in [0.3, 0.4) is 0 Å². The molecule has 1 aromatic carbocycles. The molecule has 1 aliphatic rings. The van der Waals surface area contributed by atoms with Crippen LogP contribution in [0.5, 0.6) is 0 Å². The number of ether oxygens (including phenoxy) is 1. The number of amides is 2. The molecule has 1 aromatic heterocycles. The normalized spacial score (nSPS) is 18.6. The van der Waals surface area contributed by atoms with Gasteiger partial charge in [-0.25, -0.2) is 9.48 Å². The van der Waals surface area contributed by atoms with Gasteiger partial charge in [-0.3, -0.25) is 0 Å². The number of carbonyl (C=O) groups excluding carboxylic acids is 1. The molecular weight excluding hydrogens is 292 g/mol. The highest BCUT2D eigenvalue weighted by Crippen LogP contribution is 2.15. The maximum atomic E-state index is 12.0. The molecule has 0 saturated carbocycles. The van der Waals surface area contributed by atoms with Crippen molar-refractivity contribution in [1.82, 2.24) is 20.4 Å². The lowest BCUT2D eigenvalue weighted by Crippen LogP contribution is -2.45. The minimum Gasteiger partial charge on any atom is -0.376 e. The number of urea groups is 1. The van der Waals surface area contributed by atoms with Crippen molar-refractivity contribution in [1.29, 1.82) is 0 Å². The first-order chi connectivity index (χ1) is 11.2. The lowest BCUT2D eigenvalue weighted by atomic mass is 10.1. The molecule has 0 unspecified atom stereocenters. The van der Waals surface area contributed by atoms with Crippen molar-refractivity contribution in [3.63, 3.8) is 0 Å². The van der Waals surface area contributed by atoms with Crippen LogP contribution in [0, 0.1) is 0 Å². The maximum absolute atomic E-state index is 12.0. The molecule has 0 bridgehead atoms. The summed E-state index contributed by atoms with van der Waals surface area (Å²) in [7, 11) is 0. The van der Waals surface area contributed by atoms with E-state index in [9.17, 15) is 4.79 Å². The van der Waals surface area contributed by atoms with E-state index in [1.807, 2.05) is 43.5 Å². The number of benzene rings is 1. The van der Waals surface area contributed by atoms with Gasteiger partial charge >= 0.3 is 6.03 Å². The summed E-state index contributed by atoms with van der Waals surface area (Å²) in [5.74, 6) is 0. The first-order valence-electron chi connectivity index (χ1n) is 7.97. The van der Waals surface area contributed by atoms with Crippen LogP contribution < -0.4 is 10.6 Å². The van der Waals surface area contributed by atoms with Crippen molar-refractivity contribution in [3.05, 3.63) is 48.3 Å². The molecule has 6 heteroatoms. The second kappa shape index (κ2) is 7.28. The van der Waals surface area contributed by atoms with Crippen LogP contribution in [0.25, 0.3) is 5.69 Å². The molecule has 2 heterocycles. The number of nitrogens with zero attached hydrogens (tertiary/aromatic N) is 2. The van der Waals surface area contributed by atoms with E-state index in [1.165, 1.54) is 0 Å². The number of para-hydroxylation sites is 1. The second-order valence-corrected chi connectivity index (χ2v) is 5.80. The molecule has 0 spiro atoms. The predicted molar refractivity (Wildman–Crippen MR) is 87.4 cm³/mol. The Balaban J connectivity index is 1.48. The van der Waals surface area contributed by atoms with Gasteiger partial charge in [-0.1, -0.05) is 18.2 Å². The molecule has 2 atom stereocenters. The monoisotopic (exact) mass is 314 g/mol. The lowest BCUT2D eigenvalue weighted by molar-refractivity contribution is 0.0860. The van der Waals surface area contributed by atoms with Gasteiger partial charge in [0.05, 0.1) is 24.0 Å². The van der Waals surface area contributed by atoms with Gasteiger partial charge in [0.1, 0.15) is 0 Å². The van der Waals surface area contributed by atoms with Gasteiger partial charge in [0, 0.05) is 24.9 Å². The fourth-order valence-electron chi connectivity index (χ4n) is 2.70. The van der Waals surface area contributed by atoms with Gasteiger partial charge in [0.25, 0.3) is 0 Å². The largest absolute Gasteiger partial charge is 0.376 e. The quantitative estimate of drug-likeness (QED) is 0.889. The van der Waals surface area contributed by atoms with Gasteiger partial charge in [-0.05, 0) is 31.9 Å². The van der Waals surface area contributed by atoms with E-state index in [2.05, 4.69) is 15.7 Å². The van der Waals surface area contributed by atoms with Gasteiger partial charge in [0.15, 0.2) is 0 Å². The minimum atomic E-state index is -0.180. The van der Waals surface area contributed by atoms with Crippen LogP contribution in [0.1, 0.15) is 25.3 Å². The number of carbonyl (C=O) groups is 1. The highest BCUT2D eigenvalue weighted by atomic mass is 16.5. The van der Waals surface area contributed by atoms with Crippen molar-refractivity contribution >= 4 is 6.03 Å². The predicted octanol–water partition coefficient (Wildman–Crippen LogP) is 2.24. The molecule has 0 aliphatic carbocycles. The summed E-state index contributed by atoms with van der Waals surface area (Å²) in [6.07, 6.45) is 5.87. The molecule has 3 rings (SSSR count). The van der Waals surface area contributed by atoms with Crippen LogP contribution in [0.15, 0.2) is 42.7 Å². The molecular formula is C17H22N4O2. The van der Waals surface area contributed by atoms with Crippen molar-refractivity contribution in [3.8, 4) is 5.69 Å². The number of aromatic nitrogens is 2. The average molecular weight is 314 g/mol. The fraction of sp³-hybridized carbons (Fsp3) is 0.412. The number of nitrogens with one attached hydrogen (secondary N) is 2. The van der Waals surface area contributed by atoms with Crippen molar-refractivity contribution in [2.45, 2.75) is 38.5 Å². The van der Waals surface area contributed by atoms with E-state index in [0.29, 0.717) is 6.54 Å². The van der Waals surface area contributed by atoms with Crippen LogP contribution >= 0.6 is 0 Å². The Labute approximate surface area is 135 Å². The number of hydrogen-bond donors (Lipinski definition) is 2. The molecule has 2 N–H and O–H groups in total. The van der Waals surface area contributed by atoms with Gasteiger partial charge < -0.3 is 15.4 Å². The van der Waals surface area contributed by atoms with Crippen LogP contribution in [-0.4, -0.2) is 34.6 Å². The summed E-state index contributed by atoms with van der Waals surface area (Å²) in [5.41, 5.74) is 1.95. The molecule has 2 amide bonds. The molecule has 2 aromatic rings. The Hall–Kier alpha value is -2.34. The Morgan fingerprint density at radius 3 is 3.00 bits per heavy atom. The second-order valence-electron chi connectivity index (χ2n) is 5.80. The Morgan fingerprint density at radius 2 is 2.26 bits per heavy atom. The Morgan fingerprint density at radius 1 is 1.43 bits per heavy atom. The summed E-state index contributed by atoms with van der Waals surface area (Å²) < 4.78 is 7.37. The third-order valence-electron chi connectivity index (χ3n) is 3.99. The maximum Gasteiger partial charge on any atom is 0.315 e. The summed E-state index contributed by atoms with van der Waals surface area (Å²) in [6.45, 7) is 3.21. The van der Waals surface area contributed by atoms with Crippen molar-refractivity contribution in [2.24, 2.45) is 0 Å². The van der Waals surface area contributed by atoms with Gasteiger partial charge in [-0.2, -0.15) is 5.10 Å². The van der Waals surface area contributed by atoms with E-state index in [0.717, 1.165) is 30.7 Å². The molecule has 1 aliphatic heterocycles. The zero-order chi connectivity index (χ0) is 16.1. The first kappa shape index (κ1) is 15.6. The SMILES string of the molecule is C[C@@H](NC(=O)NCc1cnn(-c2ccccc2)c1)[C@H]1CCCO1. The third kappa shape index (κ3) is 4.10. The molecule has 6 nitrogen and oxygen atoms in total. The van der Waals surface area contributed by atoms with Gasteiger partial charge in [0.2, 0.25) is 0 Å². The average Bonchev–Trinajstić information content (AvgIpc) is 3.25. The van der Waals surface area contributed by atoms with Crippen LogP contribution in [0.4, 0.5) is 4.79 Å². The van der Waals surface area contributed by atoms with E-state index in [4.69, 9.17) is 4.74 Å². The minimum absolute atomic E-state index is 0.0181. The Bertz CT molecular complexity index is 635. The standard InChI is InChI=1S/C17H22N4O2/c1-13(16-8-5-9-23-16)20-17(22)18-10-14-11-19-21(12-14)15-6-3-2-4-7-15/h2-4,6-7,11-13,16H,5,8-10H2,1H3,(H2,18,20,22)/t13-,16-/m1/s1. The molecule has 23 heavy (non-hydrogen) atoms. The third-order valence-corrected chi connectivity index (χ3v) is 3.99. The highest BCUT2D eigenvalue weighted by molar-refractivity contribution is 5.74. The highest BCUT2D eigenvalue weighted by Gasteiger charge is 2.23. The number of hydrogen-bond acceptors (Lipinski definition) is 3. The van der Waals surface area contributed by atoms with E-state index >= 15 is 0 Å². The van der Waals surface area contributed by atoms with E-state index in [1.54, 1.807) is 10.9 Å². The first-order valence-corrected chi connectivity index (χ1v) is 7.97. The van der Waals surface area contributed by atoms with E-state index in [-0.39, 0.29) is 18.2 Å². The summed E-state index contributed by atoms with van der Waals surface area (Å²) in [4.78, 5) is 12.0. The lowest BCUT2D eigenvalue weighted by Gasteiger charge is -2.20. The molecule has 0 radical (unpaired) electrons. The van der Waals surface area contributed by atoms with E-state index < -0.39 is 0 Å². The summed E-state index contributed by atoms with van der Waals surface area (Å²) in [5, 5.41) is 10.1. The smallest absolute Gasteiger partial charge is 0.315 e. The summed E-state index contributed by atoms with van der Waals surface area (Å²) in [6, 6.07) is 9.71. The molecule has 122 valence electrons. The van der Waals surface area contributed by atoms with Gasteiger partial charge in [-0.15, -0.1) is 0 Å². The zero-order valence-corrected chi connectivity index (χ0v) is 13.2. The molecule has 1 fully saturated rings. The number of rotatable bonds is 5. The van der Waals surface area contributed by atoms with Crippen LogP contribution in [-0.2, 0) is 11.3 Å². The summed E-state index contributed by atoms with van der Waals surface area (Å²) >= 11 is 0.